The van der Waals surface area contributed by atoms with Crippen molar-refractivity contribution in [3.63, 3.8) is 0 Å². The molecule has 0 saturated heterocycles. The maximum Gasteiger partial charge on any atom is 0.243 e. The molecule has 0 aliphatic carbocycles. The second kappa shape index (κ2) is 10.5. The molecule has 0 heterocycles. The van der Waals surface area contributed by atoms with Gasteiger partial charge >= 0.3 is 0 Å². The van der Waals surface area contributed by atoms with E-state index >= 15 is 0 Å². The van der Waals surface area contributed by atoms with E-state index in [1.54, 1.807) is 0 Å². The minimum atomic E-state index is -0.538. The number of hydrogen-bond donors (Lipinski definition) is 2. The molecule has 0 spiro atoms. The van der Waals surface area contributed by atoms with E-state index in [4.69, 9.17) is 0 Å². The summed E-state index contributed by atoms with van der Waals surface area (Å²) in [4.78, 5) is 25.2. The fourth-order valence-corrected chi connectivity index (χ4v) is 3.06. The summed E-state index contributed by atoms with van der Waals surface area (Å²) in [5, 5.41) is 6.08. The fraction of sp³-hybridized carbons (Fsp3) is 0.391. The third-order valence-corrected chi connectivity index (χ3v) is 4.84. The number of benzene rings is 2. The lowest BCUT2D eigenvalue weighted by Crippen LogP contribution is -2.51. The van der Waals surface area contributed by atoms with Crippen molar-refractivity contribution in [3.8, 4) is 0 Å². The van der Waals surface area contributed by atoms with Crippen molar-refractivity contribution in [3.05, 3.63) is 71.8 Å². The molecule has 0 aliphatic rings. The normalized spacial score (nSPS) is 13.0. The van der Waals surface area contributed by atoms with E-state index < -0.39 is 6.04 Å². The summed E-state index contributed by atoms with van der Waals surface area (Å²) < 4.78 is 0. The first-order valence-corrected chi connectivity index (χ1v) is 9.76. The zero-order chi connectivity index (χ0) is 19.6. The zero-order valence-electron chi connectivity index (χ0n) is 16.4. The van der Waals surface area contributed by atoms with E-state index in [9.17, 15) is 9.59 Å². The molecule has 2 aromatic rings. The molecule has 144 valence electrons. The highest BCUT2D eigenvalue weighted by atomic mass is 16.2. The Bertz CT molecular complexity index is 676. The van der Waals surface area contributed by atoms with Crippen LogP contribution in [-0.2, 0) is 9.59 Å². The number of rotatable bonds is 9. The van der Waals surface area contributed by atoms with Gasteiger partial charge in [-0.25, -0.2) is 0 Å². The van der Waals surface area contributed by atoms with Crippen LogP contribution in [0.4, 0.5) is 0 Å². The van der Waals surface area contributed by atoms with Gasteiger partial charge in [-0.1, -0.05) is 87.9 Å². The molecular weight excluding hydrogens is 336 g/mol. The van der Waals surface area contributed by atoms with Crippen LogP contribution in [0.15, 0.2) is 60.7 Å². The molecule has 0 fully saturated rings. The summed E-state index contributed by atoms with van der Waals surface area (Å²) in [6.07, 6.45) is 2.00. The van der Waals surface area contributed by atoms with Crippen molar-refractivity contribution in [1.82, 2.24) is 10.6 Å². The van der Waals surface area contributed by atoms with Gasteiger partial charge in [0.15, 0.2) is 0 Å². The number of amides is 2. The fourth-order valence-electron chi connectivity index (χ4n) is 3.06. The quantitative estimate of drug-likeness (QED) is 0.698. The van der Waals surface area contributed by atoms with E-state index in [0.29, 0.717) is 6.42 Å². The summed E-state index contributed by atoms with van der Waals surface area (Å²) in [5.74, 6) is -0.168. The first-order valence-electron chi connectivity index (χ1n) is 9.76. The van der Waals surface area contributed by atoms with Gasteiger partial charge in [0.1, 0.15) is 6.04 Å². The van der Waals surface area contributed by atoms with Gasteiger partial charge in [0.05, 0.1) is 6.04 Å². The van der Waals surface area contributed by atoms with Crippen LogP contribution >= 0.6 is 0 Å². The van der Waals surface area contributed by atoms with Gasteiger partial charge in [0.2, 0.25) is 11.8 Å². The largest absolute Gasteiger partial charge is 0.344 e. The molecule has 0 aliphatic heterocycles. The van der Waals surface area contributed by atoms with Gasteiger partial charge in [0, 0.05) is 6.42 Å². The number of hydrogen-bond acceptors (Lipinski definition) is 2. The van der Waals surface area contributed by atoms with Crippen LogP contribution in [0.2, 0.25) is 0 Å². The van der Waals surface area contributed by atoms with Crippen LogP contribution in [0.5, 0.6) is 0 Å². The molecule has 4 nitrogen and oxygen atoms in total. The lowest BCUT2D eigenvalue weighted by atomic mass is 9.95. The summed E-state index contributed by atoms with van der Waals surface area (Å²) in [7, 11) is 0. The van der Waals surface area contributed by atoms with Crippen LogP contribution in [0.3, 0.4) is 0 Å². The highest BCUT2D eigenvalue weighted by Crippen LogP contribution is 2.22. The van der Waals surface area contributed by atoms with Crippen LogP contribution in [-0.4, -0.2) is 17.9 Å². The average molecular weight is 367 g/mol. The predicted molar refractivity (Wildman–Crippen MR) is 109 cm³/mol. The molecule has 0 aromatic heterocycles. The SMILES string of the molecule is CCCC(=O)NC(C(=O)NC(c1ccccc1)c1ccccc1)C(C)CC. The molecule has 0 bridgehead atoms. The van der Waals surface area contributed by atoms with E-state index in [-0.39, 0.29) is 23.8 Å². The molecule has 0 saturated carbocycles. The first-order chi connectivity index (χ1) is 13.1. The standard InChI is InChI=1S/C23H30N2O2/c1-4-12-20(26)24-21(17(3)5-2)23(27)25-22(18-13-8-6-9-14-18)19-15-10-7-11-16-19/h6-11,13-17,21-22H,4-5,12H2,1-3H3,(H,24,26)(H,25,27). The summed E-state index contributed by atoms with van der Waals surface area (Å²) in [6, 6.07) is 19.0. The Morgan fingerprint density at radius 2 is 1.37 bits per heavy atom. The van der Waals surface area contributed by atoms with E-state index in [0.717, 1.165) is 24.0 Å². The number of carbonyl (C=O) groups excluding carboxylic acids is 2. The van der Waals surface area contributed by atoms with Crippen molar-refractivity contribution >= 4 is 11.8 Å². The monoisotopic (exact) mass is 366 g/mol. The van der Waals surface area contributed by atoms with Crippen molar-refractivity contribution < 1.29 is 9.59 Å². The molecule has 2 amide bonds. The molecule has 2 aromatic carbocycles. The van der Waals surface area contributed by atoms with Crippen LogP contribution in [0, 0.1) is 5.92 Å². The minimum absolute atomic E-state index is 0.0537. The molecule has 2 unspecified atom stereocenters. The Morgan fingerprint density at radius 1 is 0.852 bits per heavy atom. The van der Waals surface area contributed by atoms with Gasteiger partial charge < -0.3 is 10.6 Å². The summed E-state index contributed by atoms with van der Waals surface area (Å²) >= 11 is 0. The van der Waals surface area contributed by atoms with Crippen LogP contribution in [0.25, 0.3) is 0 Å². The average Bonchev–Trinajstić information content (AvgIpc) is 2.71. The summed E-state index contributed by atoms with van der Waals surface area (Å²) in [6.45, 7) is 5.98. The molecule has 0 radical (unpaired) electrons. The second-order valence-electron chi connectivity index (χ2n) is 6.94. The van der Waals surface area contributed by atoms with Gasteiger partial charge in [-0.15, -0.1) is 0 Å². The van der Waals surface area contributed by atoms with Gasteiger partial charge in [-0.2, -0.15) is 0 Å². The molecule has 2 N–H and O–H groups in total. The first kappa shape index (κ1) is 20.7. The predicted octanol–water partition coefficient (Wildman–Crippen LogP) is 4.22. The third kappa shape index (κ3) is 5.95. The van der Waals surface area contributed by atoms with Gasteiger partial charge in [-0.05, 0) is 23.5 Å². The smallest absolute Gasteiger partial charge is 0.243 e. The Morgan fingerprint density at radius 3 is 1.81 bits per heavy atom. The highest BCUT2D eigenvalue weighted by molar-refractivity contribution is 5.88. The lowest BCUT2D eigenvalue weighted by molar-refractivity contribution is -0.130. The molecular formula is C23H30N2O2. The van der Waals surface area contributed by atoms with Gasteiger partial charge in [0.25, 0.3) is 0 Å². The Labute approximate surface area is 162 Å². The molecule has 2 atom stereocenters. The van der Waals surface area contributed by atoms with E-state index in [1.807, 2.05) is 81.4 Å². The number of nitrogens with one attached hydrogen (secondary N) is 2. The highest BCUT2D eigenvalue weighted by Gasteiger charge is 2.28. The lowest BCUT2D eigenvalue weighted by Gasteiger charge is -2.27. The Hall–Kier alpha value is -2.62. The minimum Gasteiger partial charge on any atom is -0.344 e. The topological polar surface area (TPSA) is 58.2 Å². The van der Waals surface area contributed by atoms with E-state index in [2.05, 4.69) is 10.6 Å². The van der Waals surface area contributed by atoms with E-state index in [1.165, 1.54) is 0 Å². The zero-order valence-corrected chi connectivity index (χ0v) is 16.4. The maximum atomic E-state index is 13.1. The van der Waals surface area contributed by atoms with Gasteiger partial charge in [-0.3, -0.25) is 9.59 Å². The van der Waals surface area contributed by atoms with Crippen LogP contribution in [0.1, 0.15) is 57.2 Å². The second-order valence-corrected chi connectivity index (χ2v) is 6.94. The van der Waals surface area contributed by atoms with Crippen molar-refractivity contribution in [1.29, 1.82) is 0 Å². The number of carbonyl (C=O) groups is 2. The van der Waals surface area contributed by atoms with Crippen molar-refractivity contribution in [2.45, 2.75) is 52.1 Å². The summed E-state index contributed by atoms with van der Waals surface area (Å²) in [5.41, 5.74) is 2.03. The third-order valence-electron chi connectivity index (χ3n) is 4.84. The van der Waals surface area contributed by atoms with Crippen molar-refractivity contribution in [2.24, 2.45) is 5.92 Å². The molecule has 2 rings (SSSR count). The maximum absolute atomic E-state index is 13.1. The molecule has 27 heavy (non-hydrogen) atoms. The van der Waals surface area contributed by atoms with Crippen molar-refractivity contribution in [2.75, 3.05) is 0 Å². The Balaban J connectivity index is 2.26. The van der Waals surface area contributed by atoms with Crippen LogP contribution < -0.4 is 10.6 Å². The molecule has 4 heteroatoms. The Kier molecular flexibility index (Phi) is 8.05.